The topological polar surface area (TPSA) is 192 Å². The fourth-order valence-electron chi connectivity index (χ4n) is 4.72. The van der Waals surface area contributed by atoms with E-state index in [9.17, 15) is 28.9 Å². The number of allylic oxidation sites excluding steroid dienone is 18. The highest BCUT2D eigenvalue weighted by molar-refractivity contribution is 7.47. The molecule has 0 saturated heterocycles. The van der Waals surface area contributed by atoms with Crippen LogP contribution in [0.25, 0.3) is 0 Å². The minimum Gasteiger partial charge on any atom is -0.480 e. The van der Waals surface area contributed by atoms with Crippen LogP contribution < -0.4 is 5.73 Å². The van der Waals surface area contributed by atoms with E-state index in [2.05, 4.69) is 96.5 Å². The summed E-state index contributed by atoms with van der Waals surface area (Å²) < 4.78 is 32.5. The lowest BCUT2D eigenvalue weighted by Gasteiger charge is -2.20. The number of carbonyl (C=O) groups is 3. The zero-order valence-electron chi connectivity index (χ0n) is 35.4. The van der Waals surface area contributed by atoms with Gasteiger partial charge in [0, 0.05) is 12.8 Å². The number of unbranched alkanes of at least 4 members (excludes halogenated alkanes) is 2. The van der Waals surface area contributed by atoms with Crippen LogP contribution in [0.1, 0.15) is 123 Å². The summed E-state index contributed by atoms with van der Waals surface area (Å²) in [7, 11) is -4.76. The Bertz CT molecular complexity index is 1430. The molecule has 0 bridgehead atoms. The number of aliphatic hydroxyl groups excluding tert-OH is 1. The van der Waals surface area contributed by atoms with E-state index in [1.165, 1.54) is 0 Å². The van der Waals surface area contributed by atoms with Crippen molar-refractivity contribution in [3.8, 4) is 0 Å². The van der Waals surface area contributed by atoms with E-state index in [-0.39, 0.29) is 18.9 Å². The van der Waals surface area contributed by atoms with Gasteiger partial charge in [0.05, 0.1) is 19.3 Å². The van der Waals surface area contributed by atoms with Gasteiger partial charge in [0.15, 0.2) is 6.10 Å². The number of phosphoric acid groups is 1. The normalized spacial score (nSPS) is 15.3. The third-order valence-corrected chi connectivity index (χ3v) is 9.12. The van der Waals surface area contributed by atoms with Gasteiger partial charge in [0.25, 0.3) is 0 Å². The highest BCUT2D eigenvalue weighted by Crippen LogP contribution is 2.43. The maximum absolute atomic E-state index is 12.6. The van der Waals surface area contributed by atoms with Crippen molar-refractivity contribution < 1.29 is 52.6 Å². The van der Waals surface area contributed by atoms with Gasteiger partial charge in [0.2, 0.25) is 0 Å². The van der Waals surface area contributed by atoms with Crippen molar-refractivity contribution in [2.24, 2.45) is 5.73 Å². The van der Waals surface area contributed by atoms with E-state index in [1.807, 2.05) is 31.2 Å². The Kier molecular flexibility index (Phi) is 36.9. The van der Waals surface area contributed by atoms with Crippen molar-refractivity contribution in [3.63, 3.8) is 0 Å². The lowest BCUT2D eigenvalue weighted by atomic mass is 10.1. The van der Waals surface area contributed by atoms with Gasteiger partial charge in [-0.05, 0) is 96.3 Å². The molecule has 0 aliphatic heterocycles. The number of hydrogen-bond acceptors (Lipinski definition) is 10. The summed E-state index contributed by atoms with van der Waals surface area (Å²) in [5, 5.41) is 18.4. The first-order chi connectivity index (χ1) is 28.5. The van der Waals surface area contributed by atoms with E-state index in [1.54, 1.807) is 0 Å². The lowest BCUT2D eigenvalue weighted by molar-refractivity contribution is -0.161. The first-order valence-corrected chi connectivity index (χ1v) is 22.5. The lowest BCUT2D eigenvalue weighted by Crippen LogP contribution is -2.34. The van der Waals surface area contributed by atoms with Gasteiger partial charge in [-0.2, -0.15) is 0 Å². The summed E-state index contributed by atoms with van der Waals surface area (Å²) in [6.45, 7) is 2.26. The fourth-order valence-corrected chi connectivity index (χ4v) is 5.50. The average molecular weight is 846 g/mol. The second-order valence-electron chi connectivity index (χ2n) is 13.5. The number of carbonyl (C=O) groups excluding carboxylic acids is 2. The highest BCUT2D eigenvalue weighted by atomic mass is 31.2. The number of carboxylic acids is 1. The molecule has 0 amide bonds. The Morgan fingerprint density at radius 1 is 0.593 bits per heavy atom. The molecule has 59 heavy (non-hydrogen) atoms. The predicted molar refractivity (Wildman–Crippen MR) is 236 cm³/mol. The van der Waals surface area contributed by atoms with Crippen molar-refractivity contribution in [1.82, 2.24) is 0 Å². The van der Waals surface area contributed by atoms with Crippen molar-refractivity contribution in [2.75, 3.05) is 19.8 Å². The molecule has 0 aromatic rings. The van der Waals surface area contributed by atoms with Gasteiger partial charge < -0.3 is 30.3 Å². The number of carboxylic acid groups (broad SMARTS) is 1. The van der Waals surface area contributed by atoms with Gasteiger partial charge in [-0.1, -0.05) is 123 Å². The molecule has 0 aromatic heterocycles. The van der Waals surface area contributed by atoms with Crippen molar-refractivity contribution in [2.45, 2.75) is 141 Å². The van der Waals surface area contributed by atoms with Crippen LogP contribution in [0, 0.1) is 0 Å². The zero-order chi connectivity index (χ0) is 43.7. The Morgan fingerprint density at radius 2 is 1.00 bits per heavy atom. The monoisotopic (exact) mass is 845 g/mol. The van der Waals surface area contributed by atoms with Crippen LogP contribution in [0.15, 0.2) is 109 Å². The third kappa shape index (κ3) is 39.3. The standard InChI is InChI=1S/C46H72NO11P/c1-3-5-6-7-8-9-10-11-12-13-14-19-22-25-28-31-34-37-45(50)58-42(39-56-59(53,54)57-40-43(47)46(51)52)38-55-44(49)36-33-30-27-24-21-18-16-15-17-20-23-26-29-32-35-41(48)4-2/h5-6,8-9,11-12,14,16-20,24-29,41-43,48H,3-4,7,10,13,15,21-23,30-40,47H2,1-2H3,(H,51,52)(H,53,54)/b6-5-,9-8-,12-11-,18-16-,19-14-,20-17-,27-24-,28-25-,29-26-/t41-,42+,43-/m0/s1. The first-order valence-electron chi connectivity index (χ1n) is 21.0. The van der Waals surface area contributed by atoms with E-state index >= 15 is 0 Å². The molecule has 0 aromatic carbocycles. The summed E-state index contributed by atoms with van der Waals surface area (Å²) in [4.78, 5) is 45.9. The molecule has 0 heterocycles. The number of aliphatic hydroxyl groups is 1. The Balaban J connectivity index is 4.61. The van der Waals surface area contributed by atoms with E-state index in [4.69, 9.17) is 24.8 Å². The van der Waals surface area contributed by atoms with Crippen LogP contribution in [0.3, 0.4) is 0 Å². The molecule has 0 rings (SSSR count). The molecular formula is C46H72NO11P. The molecule has 332 valence electrons. The summed E-state index contributed by atoms with van der Waals surface area (Å²) in [5.41, 5.74) is 5.32. The summed E-state index contributed by atoms with van der Waals surface area (Å²) >= 11 is 0. The number of phosphoric ester groups is 1. The van der Waals surface area contributed by atoms with Crippen LogP contribution in [0.4, 0.5) is 0 Å². The van der Waals surface area contributed by atoms with Crippen LogP contribution in [0.5, 0.6) is 0 Å². The molecule has 12 nitrogen and oxygen atoms in total. The van der Waals surface area contributed by atoms with Crippen LogP contribution in [0.2, 0.25) is 0 Å². The second-order valence-corrected chi connectivity index (χ2v) is 15.0. The second kappa shape index (κ2) is 39.6. The quantitative estimate of drug-likeness (QED) is 0.0201. The van der Waals surface area contributed by atoms with E-state index < -0.39 is 57.7 Å². The number of ether oxygens (including phenoxy) is 2. The maximum Gasteiger partial charge on any atom is 0.472 e. The van der Waals surface area contributed by atoms with E-state index in [0.29, 0.717) is 25.7 Å². The molecule has 13 heteroatoms. The zero-order valence-corrected chi connectivity index (χ0v) is 36.3. The highest BCUT2D eigenvalue weighted by Gasteiger charge is 2.28. The Morgan fingerprint density at radius 3 is 1.44 bits per heavy atom. The van der Waals surface area contributed by atoms with Gasteiger partial charge in [-0.25, -0.2) is 4.57 Å². The van der Waals surface area contributed by atoms with Gasteiger partial charge in [0.1, 0.15) is 12.6 Å². The molecule has 4 atom stereocenters. The molecular weight excluding hydrogens is 773 g/mol. The van der Waals surface area contributed by atoms with Crippen LogP contribution >= 0.6 is 7.82 Å². The first kappa shape index (κ1) is 55.1. The SMILES string of the molecule is CC/C=C\C/C=C\C/C=C\C/C=C\C/C=C\CCCC(=O)O[C@H](COC(=O)CCC/C=C\C/C=C\C/C=C\C/C=C\CC[C@@H](O)CC)COP(=O)(O)OC[C@H](N)C(=O)O. The number of rotatable bonds is 37. The summed E-state index contributed by atoms with van der Waals surface area (Å²) in [6.07, 6.45) is 48.3. The van der Waals surface area contributed by atoms with Gasteiger partial charge >= 0.3 is 25.7 Å². The van der Waals surface area contributed by atoms with Crippen molar-refractivity contribution in [1.29, 1.82) is 0 Å². The molecule has 0 aliphatic carbocycles. The van der Waals surface area contributed by atoms with Gasteiger partial charge in [-0.15, -0.1) is 0 Å². The largest absolute Gasteiger partial charge is 0.480 e. The van der Waals surface area contributed by atoms with E-state index in [0.717, 1.165) is 70.6 Å². The fraction of sp³-hybridized carbons (Fsp3) is 0.543. The maximum atomic E-state index is 12.6. The molecule has 0 aliphatic rings. The summed E-state index contributed by atoms with van der Waals surface area (Å²) in [6, 6.07) is -1.55. The number of aliphatic carboxylic acids is 1. The molecule has 0 saturated carbocycles. The smallest absolute Gasteiger partial charge is 0.472 e. The average Bonchev–Trinajstić information content (AvgIpc) is 3.21. The van der Waals surface area contributed by atoms with Gasteiger partial charge in [-0.3, -0.25) is 23.4 Å². The third-order valence-electron chi connectivity index (χ3n) is 8.17. The number of nitrogens with two attached hydrogens (primary N) is 1. The number of esters is 2. The molecule has 1 unspecified atom stereocenters. The molecule has 0 fully saturated rings. The predicted octanol–water partition coefficient (Wildman–Crippen LogP) is 10.0. The van der Waals surface area contributed by atoms with Crippen molar-refractivity contribution in [3.05, 3.63) is 109 Å². The Hall–Kier alpha value is -3.90. The minimum absolute atomic E-state index is 0.0572. The molecule has 0 spiro atoms. The van der Waals surface area contributed by atoms with Crippen LogP contribution in [-0.4, -0.2) is 71.1 Å². The van der Waals surface area contributed by atoms with Crippen molar-refractivity contribution >= 4 is 25.7 Å². The van der Waals surface area contributed by atoms with Crippen LogP contribution in [-0.2, 0) is 37.5 Å². The minimum atomic E-state index is -4.76. The number of hydrogen-bond donors (Lipinski definition) is 4. The molecule has 5 N–H and O–H groups in total. The molecule has 0 radical (unpaired) electrons. The Labute approximate surface area is 353 Å². The summed E-state index contributed by atoms with van der Waals surface area (Å²) in [5.74, 6) is -2.57.